The number of carbonyl (C=O) groups is 1. The van der Waals surface area contributed by atoms with Crippen LogP contribution in [0.2, 0.25) is 10.0 Å². The van der Waals surface area contributed by atoms with Crippen molar-refractivity contribution < 1.29 is 9.90 Å². The molecule has 0 aliphatic rings. The number of rotatable bonds is 3. The zero-order valence-electron chi connectivity index (χ0n) is 9.40. The van der Waals surface area contributed by atoms with Crippen molar-refractivity contribution in [3.63, 3.8) is 0 Å². The zero-order chi connectivity index (χ0) is 14.0. The number of hydrogen-bond acceptors (Lipinski definition) is 3. The van der Waals surface area contributed by atoms with Crippen LogP contribution in [0.15, 0.2) is 28.9 Å². The lowest BCUT2D eigenvalue weighted by Crippen LogP contribution is -2.06. The van der Waals surface area contributed by atoms with Crippen molar-refractivity contribution >= 4 is 45.1 Å². The van der Waals surface area contributed by atoms with Gasteiger partial charge in [0.2, 0.25) is 0 Å². The summed E-state index contributed by atoms with van der Waals surface area (Å²) >= 11 is 14.8. The monoisotopic (exact) mass is 360 g/mol. The summed E-state index contributed by atoms with van der Waals surface area (Å²) in [5, 5.41) is 9.88. The van der Waals surface area contributed by atoms with Gasteiger partial charge in [-0.3, -0.25) is 0 Å². The second-order valence-corrected chi connectivity index (χ2v) is 5.38. The molecule has 0 radical (unpaired) electrons. The highest BCUT2D eigenvalue weighted by atomic mass is 79.9. The van der Waals surface area contributed by atoms with E-state index < -0.39 is 5.97 Å². The molecular weight excluding hydrogens is 355 g/mol. The zero-order valence-corrected chi connectivity index (χ0v) is 12.5. The molecule has 7 heteroatoms. The second kappa shape index (κ2) is 5.86. The highest BCUT2D eigenvalue weighted by Crippen LogP contribution is 2.23. The van der Waals surface area contributed by atoms with Crippen molar-refractivity contribution in [2.45, 2.75) is 6.42 Å². The van der Waals surface area contributed by atoms with Gasteiger partial charge in [-0.15, -0.1) is 0 Å². The van der Waals surface area contributed by atoms with Gasteiger partial charge >= 0.3 is 5.97 Å². The summed E-state index contributed by atoms with van der Waals surface area (Å²) in [5.74, 6) is -0.705. The van der Waals surface area contributed by atoms with Crippen LogP contribution in [0.5, 0.6) is 0 Å². The molecule has 1 aromatic heterocycles. The molecule has 0 atom stereocenters. The van der Waals surface area contributed by atoms with Gasteiger partial charge in [-0.25, -0.2) is 14.8 Å². The van der Waals surface area contributed by atoms with E-state index in [-0.39, 0.29) is 5.69 Å². The lowest BCUT2D eigenvalue weighted by molar-refractivity contribution is 0.0688. The maximum absolute atomic E-state index is 11.0. The van der Waals surface area contributed by atoms with E-state index >= 15 is 0 Å². The summed E-state index contributed by atoms with van der Waals surface area (Å²) in [5.41, 5.74) is 0.790. The summed E-state index contributed by atoms with van der Waals surface area (Å²) in [6, 6.07) is 5.17. The average molecular weight is 362 g/mol. The molecule has 2 rings (SSSR count). The highest BCUT2D eigenvalue weighted by molar-refractivity contribution is 9.10. The van der Waals surface area contributed by atoms with Crippen molar-refractivity contribution in [1.29, 1.82) is 0 Å². The Bertz CT molecular complexity index is 650. The molecule has 0 aliphatic carbocycles. The Kier molecular flexibility index (Phi) is 4.39. The van der Waals surface area contributed by atoms with E-state index in [9.17, 15) is 4.79 Å². The van der Waals surface area contributed by atoms with E-state index in [4.69, 9.17) is 28.3 Å². The Hall–Kier alpha value is -1.17. The first kappa shape index (κ1) is 14.2. The van der Waals surface area contributed by atoms with Crippen molar-refractivity contribution in [3.8, 4) is 0 Å². The predicted molar refractivity (Wildman–Crippen MR) is 76.0 cm³/mol. The SMILES string of the molecule is O=C(O)c1nc(Cc2ccc(Cl)c(Cl)c2)ncc1Br. The predicted octanol–water partition coefficient (Wildman–Crippen LogP) is 3.83. The maximum Gasteiger partial charge on any atom is 0.355 e. The number of halogens is 3. The van der Waals surface area contributed by atoms with E-state index in [2.05, 4.69) is 25.9 Å². The third-order valence-electron chi connectivity index (χ3n) is 2.34. The number of benzene rings is 1. The highest BCUT2D eigenvalue weighted by Gasteiger charge is 2.12. The van der Waals surface area contributed by atoms with Crippen LogP contribution in [0, 0.1) is 0 Å². The Labute approximate surface area is 127 Å². The molecule has 0 saturated heterocycles. The molecule has 0 bridgehead atoms. The largest absolute Gasteiger partial charge is 0.476 e. The molecule has 0 aliphatic heterocycles. The summed E-state index contributed by atoms with van der Waals surface area (Å²) in [6.45, 7) is 0. The third-order valence-corrected chi connectivity index (χ3v) is 3.66. The smallest absolute Gasteiger partial charge is 0.355 e. The van der Waals surface area contributed by atoms with Crippen LogP contribution in [0.3, 0.4) is 0 Å². The maximum atomic E-state index is 11.0. The second-order valence-electron chi connectivity index (χ2n) is 3.71. The molecule has 0 amide bonds. The van der Waals surface area contributed by atoms with Crippen LogP contribution >= 0.6 is 39.1 Å². The van der Waals surface area contributed by atoms with Crippen LogP contribution in [-0.4, -0.2) is 21.0 Å². The number of carboxylic acids is 1. The summed E-state index contributed by atoms with van der Waals surface area (Å²) in [4.78, 5) is 19.0. The molecule has 0 unspecified atom stereocenters. The first-order valence-corrected chi connectivity index (χ1v) is 6.71. The third kappa shape index (κ3) is 3.43. The van der Waals surface area contributed by atoms with Gasteiger partial charge in [-0.2, -0.15) is 0 Å². The van der Waals surface area contributed by atoms with E-state index in [1.165, 1.54) is 6.20 Å². The van der Waals surface area contributed by atoms with Gasteiger partial charge in [0, 0.05) is 12.6 Å². The molecule has 0 spiro atoms. The number of aromatic carboxylic acids is 1. The Morgan fingerprint density at radius 2 is 2.05 bits per heavy atom. The van der Waals surface area contributed by atoms with Crippen molar-refractivity contribution in [2.75, 3.05) is 0 Å². The quantitative estimate of drug-likeness (QED) is 0.902. The minimum Gasteiger partial charge on any atom is -0.476 e. The first-order valence-electron chi connectivity index (χ1n) is 5.16. The number of nitrogens with zero attached hydrogens (tertiary/aromatic N) is 2. The number of hydrogen-bond donors (Lipinski definition) is 1. The summed E-state index contributed by atoms with van der Waals surface area (Å²) < 4.78 is 0.345. The molecule has 1 N–H and O–H groups in total. The van der Waals surface area contributed by atoms with E-state index in [0.29, 0.717) is 26.8 Å². The fourth-order valence-electron chi connectivity index (χ4n) is 1.47. The van der Waals surface area contributed by atoms with E-state index in [0.717, 1.165) is 5.56 Å². The normalized spacial score (nSPS) is 10.5. The van der Waals surface area contributed by atoms with Gasteiger partial charge in [0.15, 0.2) is 5.69 Å². The van der Waals surface area contributed by atoms with Crippen LogP contribution in [0.25, 0.3) is 0 Å². The molecule has 4 nitrogen and oxygen atoms in total. The van der Waals surface area contributed by atoms with Gasteiger partial charge in [0.1, 0.15) is 5.82 Å². The molecule has 98 valence electrons. The summed E-state index contributed by atoms with van der Waals surface area (Å²) in [7, 11) is 0. The lowest BCUT2D eigenvalue weighted by atomic mass is 10.1. The molecule has 1 heterocycles. The number of carboxylic acid groups (broad SMARTS) is 1. The van der Waals surface area contributed by atoms with Crippen molar-refractivity contribution in [2.24, 2.45) is 0 Å². The molecule has 0 fully saturated rings. The average Bonchev–Trinajstić information content (AvgIpc) is 2.36. The minimum atomic E-state index is -1.11. The van der Waals surface area contributed by atoms with Gasteiger partial charge < -0.3 is 5.11 Å². The van der Waals surface area contributed by atoms with Crippen LogP contribution in [0.4, 0.5) is 0 Å². The van der Waals surface area contributed by atoms with Gasteiger partial charge in [0.25, 0.3) is 0 Å². The fourth-order valence-corrected chi connectivity index (χ4v) is 2.15. The van der Waals surface area contributed by atoms with Crippen molar-refractivity contribution in [1.82, 2.24) is 9.97 Å². The van der Waals surface area contributed by atoms with Gasteiger partial charge in [-0.1, -0.05) is 29.3 Å². The van der Waals surface area contributed by atoms with Crippen LogP contribution < -0.4 is 0 Å². The molecule has 19 heavy (non-hydrogen) atoms. The number of aromatic nitrogens is 2. The van der Waals surface area contributed by atoms with Crippen molar-refractivity contribution in [3.05, 3.63) is 56.0 Å². The fraction of sp³-hybridized carbons (Fsp3) is 0.0833. The minimum absolute atomic E-state index is 0.0648. The van der Waals surface area contributed by atoms with Gasteiger partial charge in [0.05, 0.1) is 14.5 Å². The topological polar surface area (TPSA) is 63.1 Å². The lowest BCUT2D eigenvalue weighted by Gasteiger charge is -2.04. The summed E-state index contributed by atoms with van der Waals surface area (Å²) in [6.07, 6.45) is 1.80. The standard InChI is InChI=1S/C12H7BrCl2N2O2/c13-7-5-16-10(17-11(7)12(18)19)4-6-1-2-8(14)9(15)3-6/h1-3,5H,4H2,(H,18,19). The van der Waals surface area contributed by atoms with Gasteiger partial charge in [-0.05, 0) is 33.6 Å². The van der Waals surface area contributed by atoms with E-state index in [1.54, 1.807) is 18.2 Å². The molecule has 2 aromatic rings. The van der Waals surface area contributed by atoms with Crippen LogP contribution in [-0.2, 0) is 6.42 Å². The van der Waals surface area contributed by atoms with Crippen LogP contribution in [0.1, 0.15) is 21.9 Å². The first-order chi connectivity index (χ1) is 8.97. The molecule has 1 aromatic carbocycles. The Morgan fingerprint density at radius 1 is 1.32 bits per heavy atom. The van der Waals surface area contributed by atoms with E-state index in [1.807, 2.05) is 0 Å². The Morgan fingerprint density at radius 3 is 2.68 bits per heavy atom. The molecular formula is C12H7BrCl2N2O2. The molecule has 0 saturated carbocycles. The Balaban J connectivity index is 2.30.